The van der Waals surface area contributed by atoms with Gasteiger partial charge in [0.25, 0.3) is 0 Å². The second-order valence-corrected chi connectivity index (χ2v) is 4.52. The van der Waals surface area contributed by atoms with Crippen LogP contribution >= 0.6 is 15.9 Å². The zero-order chi connectivity index (χ0) is 10.3. The number of benzene rings is 1. The highest BCUT2D eigenvalue weighted by Crippen LogP contribution is 2.35. The minimum atomic E-state index is -0.310. The van der Waals surface area contributed by atoms with Gasteiger partial charge in [-0.3, -0.25) is 0 Å². The largest absolute Gasteiger partial charge is 0.397 e. The summed E-state index contributed by atoms with van der Waals surface area (Å²) in [7, 11) is 1.99. The van der Waals surface area contributed by atoms with Crippen LogP contribution in [-0.4, -0.2) is 13.1 Å². The van der Waals surface area contributed by atoms with E-state index in [9.17, 15) is 4.39 Å². The summed E-state index contributed by atoms with van der Waals surface area (Å²) in [5.41, 5.74) is 7.16. The molecule has 0 bridgehead atoms. The molecule has 1 fully saturated rings. The van der Waals surface area contributed by atoms with E-state index in [-0.39, 0.29) is 5.82 Å². The van der Waals surface area contributed by atoms with Crippen molar-refractivity contribution in [2.24, 2.45) is 0 Å². The van der Waals surface area contributed by atoms with E-state index in [2.05, 4.69) is 20.8 Å². The van der Waals surface area contributed by atoms with Gasteiger partial charge in [-0.15, -0.1) is 0 Å². The normalized spacial score (nSPS) is 15.6. The summed E-state index contributed by atoms with van der Waals surface area (Å²) in [6, 6.07) is 3.68. The molecule has 0 spiro atoms. The van der Waals surface area contributed by atoms with Crippen molar-refractivity contribution in [3.63, 3.8) is 0 Å². The Morgan fingerprint density at radius 1 is 1.50 bits per heavy atom. The molecule has 4 heteroatoms. The van der Waals surface area contributed by atoms with Gasteiger partial charge in [-0.25, -0.2) is 4.39 Å². The van der Waals surface area contributed by atoms with Crippen molar-refractivity contribution in [3.8, 4) is 0 Å². The van der Waals surface area contributed by atoms with Gasteiger partial charge >= 0.3 is 0 Å². The summed E-state index contributed by atoms with van der Waals surface area (Å²) in [5, 5.41) is 0. The maximum atomic E-state index is 13.1. The van der Waals surface area contributed by atoms with E-state index in [1.54, 1.807) is 6.07 Å². The first kappa shape index (κ1) is 9.77. The first-order chi connectivity index (χ1) is 6.59. The third-order valence-electron chi connectivity index (χ3n) is 2.54. The van der Waals surface area contributed by atoms with Crippen LogP contribution in [0, 0.1) is 5.82 Å². The highest BCUT2D eigenvalue weighted by Gasteiger charge is 2.27. The fourth-order valence-electron chi connectivity index (χ4n) is 1.52. The SMILES string of the molecule is CN(c1cc(Br)c(F)cc1N)C1CC1. The zero-order valence-corrected chi connectivity index (χ0v) is 9.51. The number of nitrogens with two attached hydrogens (primary N) is 1. The van der Waals surface area contributed by atoms with E-state index in [1.165, 1.54) is 18.9 Å². The molecule has 1 aromatic carbocycles. The number of rotatable bonds is 2. The Balaban J connectivity index is 2.36. The molecule has 76 valence electrons. The molecular weight excluding hydrogens is 247 g/mol. The number of nitrogens with zero attached hydrogens (tertiary/aromatic N) is 1. The number of halogens is 2. The molecule has 0 amide bonds. The number of nitrogen functional groups attached to an aromatic ring is 1. The van der Waals surface area contributed by atoms with Crippen LogP contribution in [0.2, 0.25) is 0 Å². The topological polar surface area (TPSA) is 29.3 Å². The van der Waals surface area contributed by atoms with Gasteiger partial charge in [0, 0.05) is 19.2 Å². The predicted molar refractivity (Wildman–Crippen MR) is 59.9 cm³/mol. The molecule has 1 aliphatic rings. The lowest BCUT2D eigenvalue weighted by Crippen LogP contribution is -2.20. The highest BCUT2D eigenvalue weighted by molar-refractivity contribution is 9.10. The van der Waals surface area contributed by atoms with Crippen LogP contribution in [0.3, 0.4) is 0 Å². The molecule has 0 radical (unpaired) electrons. The molecule has 1 aromatic rings. The smallest absolute Gasteiger partial charge is 0.139 e. The summed E-state index contributed by atoms with van der Waals surface area (Å²) in [4.78, 5) is 2.11. The summed E-state index contributed by atoms with van der Waals surface area (Å²) in [5.74, 6) is -0.310. The van der Waals surface area contributed by atoms with Crippen molar-refractivity contribution >= 4 is 27.3 Å². The molecule has 2 rings (SSSR count). The van der Waals surface area contributed by atoms with Crippen LogP contribution in [0.25, 0.3) is 0 Å². The number of hydrogen-bond donors (Lipinski definition) is 1. The van der Waals surface area contributed by atoms with Crippen molar-refractivity contribution in [2.45, 2.75) is 18.9 Å². The van der Waals surface area contributed by atoms with E-state index in [1.807, 2.05) is 7.05 Å². The van der Waals surface area contributed by atoms with E-state index in [0.717, 1.165) is 5.69 Å². The molecule has 0 aromatic heterocycles. The fraction of sp³-hybridized carbons (Fsp3) is 0.400. The fourth-order valence-corrected chi connectivity index (χ4v) is 1.85. The van der Waals surface area contributed by atoms with Crippen LogP contribution in [-0.2, 0) is 0 Å². The summed E-state index contributed by atoms with van der Waals surface area (Å²) >= 11 is 3.16. The average Bonchev–Trinajstić information content (AvgIpc) is 2.93. The lowest BCUT2D eigenvalue weighted by atomic mass is 10.2. The average molecular weight is 259 g/mol. The Labute approximate surface area is 91.0 Å². The number of hydrogen-bond acceptors (Lipinski definition) is 2. The Morgan fingerprint density at radius 3 is 2.71 bits per heavy atom. The van der Waals surface area contributed by atoms with Crippen molar-refractivity contribution in [2.75, 3.05) is 17.7 Å². The van der Waals surface area contributed by atoms with Gasteiger partial charge in [0.15, 0.2) is 0 Å². The highest BCUT2D eigenvalue weighted by atomic mass is 79.9. The summed E-state index contributed by atoms with van der Waals surface area (Å²) in [6.45, 7) is 0. The lowest BCUT2D eigenvalue weighted by molar-refractivity contribution is 0.621. The molecule has 0 heterocycles. The molecule has 0 atom stereocenters. The first-order valence-corrected chi connectivity index (χ1v) is 5.36. The minimum Gasteiger partial charge on any atom is -0.397 e. The van der Waals surface area contributed by atoms with Crippen LogP contribution < -0.4 is 10.6 Å². The Kier molecular flexibility index (Phi) is 2.39. The standard InChI is InChI=1S/C10H12BrFN2/c1-14(6-2-3-6)10-4-7(11)8(12)5-9(10)13/h4-6H,2-3,13H2,1H3. The molecule has 2 nitrogen and oxygen atoms in total. The van der Waals surface area contributed by atoms with Crippen LogP contribution in [0.4, 0.5) is 15.8 Å². The van der Waals surface area contributed by atoms with Crippen molar-refractivity contribution in [1.29, 1.82) is 0 Å². The maximum absolute atomic E-state index is 13.1. The zero-order valence-electron chi connectivity index (χ0n) is 7.93. The molecule has 1 aliphatic carbocycles. The van der Waals surface area contributed by atoms with Gasteiger partial charge < -0.3 is 10.6 Å². The van der Waals surface area contributed by atoms with Crippen molar-refractivity contribution in [1.82, 2.24) is 0 Å². The summed E-state index contributed by atoms with van der Waals surface area (Å²) < 4.78 is 13.6. The molecular formula is C10H12BrFN2. The minimum absolute atomic E-state index is 0.310. The molecule has 0 aliphatic heterocycles. The third kappa shape index (κ3) is 1.71. The van der Waals surface area contributed by atoms with Gasteiger partial charge in [-0.05, 0) is 34.8 Å². The molecule has 0 saturated heterocycles. The molecule has 1 saturated carbocycles. The third-order valence-corrected chi connectivity index (χ3v) is 3.15. The van der Waals surface area contributed by atoms with Gasteiger partial charge in [-0.2, -0.15) is 0 Å². The van der Waals surface area contributed by atoms with Crippen molar-refractivity contribution < 1.29 is 4.39 Å². The predicted octanol–water partition coefficient (Wildman–Crippen LogP) is 2.77. The van der Waals surface area contributed by atoms with E-state index in [4.69, 9.17) is 5.73 Å². The van der Waals surface area contributed by atoms with E-state index < -0.39 is 0 Å². The van der Waals surface area contributed by atoms with Crippen LogP contribution in [0.15, 0.2) is 16.6 Å². The number of anilines is 2. The van der Waals surface area contributed by atoms with E-state index >= 15 is 0 Å². The first-order valence-electron chi connectivity index (χ1n) is 4.57. The van der Waals surface area contributed by atoms with E-state index in [0.29, 0.717) is 16.2 Å². The Bertz CT molecular complexity index is 363. The second kappa shape index (κ2) is 3.42. The van der Waals surface area contributed by atoms with Gasteiger partial charge in [-0.1, -0.05) is 0 Å². The molecule has 0 unspecified atom stereocenters. The monoisotopic (exact) mass is 258 g/mol. The molecule has 2 N–H and O–H groups in total. The lowest BCUT2D eigenvalue weighted by Gasteiger charge is -2.20. The van der Waals surface area contributed by atoms with Gasteiger partial charge in [0.2, 0.25) is 0 Å². The maximum Gasteiger partial charge on any atom is 0.139 e. The Hall–Kier alpha value is -0.770. The van der Waals surface area contributed by atoms with Crippen molar-refractivity contribution in [3.05, 3.63) is 22.4 Å². The second-order valence-electron chi connectivity index (χ2n) is 3.67. The quantitative estimate of drug-likeness (QED) is 0.827. The van der Waals surface area contributed by atoms with Crippen LogP contribution in [0.1, 0.15) is 12.8 Å². The summed E-state index contributed by atoms with van der Waals surface area (Å²) in [6.07, 6.45) is 2.40. The Morgan fingerprint density at radius 2 is 2.14 bits per heavy atom. The van der Waals surface area contributed by atoms with Gasteiger partial charge in [0.1, 0.15) is 5.82 Å². The van der Waals surface area contributed by atoms with Crippen LogP contribution in [0.5, 0.6) is 0 Å². The van der Waals surface area contributed by atoms with Gasteiger partial charge in [0.05, 0.1) is 15.8 Å². The molecule has 14 heavy (non-hydrogen) atoms.